The van der Waals surface area contributed by atoms with Gasteiger partial charge in [0.25, 0.3) is 0 Å². The molecule has 76 valence electrons. The minimum absolute atomic E-state index is 0.210. The molecule has 0 saturated carbocycles. The Labute approximate surface area is 90.3 Å². The van der Waals surface area contributed by atoms with Gasteiger partial charge in [0.1, 0.15) is 12.1 Å². The number of fused-ring (bicyclic) bond motifs is 1. The molecule has 0 aliphatic rings. The molecule has 0 unspecified atom stereocenters. The van der Waals surface area contributed by atoms with Gasteiger partial charge in [-0.1, -0.05) is 23.2 Å². The van der Waals surface area contributed by atoms with Crippen LogP contribution in [0.25, 0.3) is 10.2 Å². The van der Waals surface area contributed by atoms with Crippen LogP contribution in [-0.2, 0) is 4.74 Å². The van der Waals surface area contributed by atoms with Crippen molar-refractivity contribution in [2.45, 2.75) is 0 Å². The molecule has 0 aliphatic carbocycles. The number of hydrogen-bond acceptors (Lipinski definition) is 5. The van der Waals surface area contributed by atoms with Gasteiger partial charge in [-0.15, -0.1) is 5.10 Å². The van der Waals surface area contributed by atoms with E-state index in [1.54, 1.807) is 12.1 Å². The van der Waals surface area contributed by atoms with Crippen molar-refractivity contribution in [3.05, 3.63) is 36.4 Å². The lowest BCUT2D eigenvalue weighted by molar-refractivity contribution is 0.0552. The van der Waals surface area contributed by atoms with E-state index >= 15 is 0 Å². The van der Waals surface area contributed by atoms with Crippen LogP contribution in [0.5, 0.6) is 0 Å². The molecule has 0 bridgehead atoms. The van der Waals surface area contributed by atoms with Crippen LogP contribution < -0.4 is 0 Å². The fourth-order valence-electron chi connectivity index (χ4n) is 1.18. The monoisotopic (exact) mass is 220 g/mol. The Morgan fingerprint density at radius 2 is 2.47 bits per heavy atom. The summed E-state index contributed by atoms with van der Waals surface area (Å²) in [5.41, 5.74) is 1.22. The normalized spacial score (nSPS) is 10.1. The van der Waals surface area contributed by atoms with Crippen molar-refractivity contribution in [3.8, 4) is 0 Å². The molecular weight excluding hydrogens is 212 g/mol. The number of benzene rings is 1. The van der Waals surface area contributed by atoms with Crippen molar-refractivity contribution < 1.29 is 9.53 Å². The van der Waals surface area contributed by atoms with Crippen LogP contribution in [-0.4, -0.2) is 22.2 Å². The number of aromatic nitrogens is 2. The molecule has 0 atom stereocenters. The average molecular weight is 220 g/mol. The quantitative estimate of drug-likeness (QED) is 0.586. The van der Waals surface area contributed by atoms with Crippen molar-refractivity contribution in [1.82, 2.24) is 9.59 Å². The molecule has 0 aliphatic heterocycles. The number of carbonyl (C=O) groups excluding carboxylic acids is 1. The van der Waals surface area contributed by atoms with E-state index in [0.717, 1.165) is 4.70 Å². The maximum absolute atomic E-state index is 11.6. The van der Waals surface area contributed by atoms with Gasteiger partial charge in [-0.3, -0.25) is 0 Å². The zero-order valence-electron chi connectivity index (χ0n) is 7.84. The standard InChI is InChI=1S/C10H8N2O2S/c1-2-6-14-10(13)7-4-3-5-8-9(7)15-12-11-8/h2-5H,1,6H2. The lowest BCUT2D eigenvalue weighted by Crippen LogP contribution is -2.04. The molecule has 1 aromatic carbocycles. The van der Waals surface area contributed by atoms with Crippen LogP contribution in [0.15, 0.2) is 30.9 Å². The van der Waals surface area contributed by atoms with Gasteiger partial charge in [0, 0.05) is 0 Å². The van der Waals surface area contributed by atoms with Gasteiger partial charge < -0.3 is 4.74 Å². The van der Waals surface area contributed by atoms with Crippen LogP contribution in [0.4, 0.5) is 0 Å². The molecule has 0 radical (unpaired) electrons. The summed E-state index contributed by atoms with van der Waals surface area (Å²) in [5, 5.41) is 3.88. The lowest BCUT2D eigenvalue weighted by Gasteiger charge is -2.01. The highest BCUT2D eigenvalue weighted by Crippen LogP contribution is 2.20. The van der Waals surface area contributed by atoms with Gasteiger partial charge in [0.05, 0.1) is 10.3 Å². The van der Waals surface area contributed by atoms with Crippen molar-refractivity contribution in [2.24, 2.45) is 0 Å². The third-order valence-electron chi connectivity index (χ3n) is 1.83. The summed E-state index contributed by atoms with van der Waals surface area (Å²) >= 11 is 1.19. The van der Waals surface area contributed by atoms with Crippen LogP contribution in [0, 0.1) is 0 Å². The number of nitrogens with zero attached hydrogens (tertiary/aromatic N) is 2. The van der Waals surface area contributed by atoms with Crippen molar-refractivity contribution in [1.29, 1.82) is 0 Å². The lowest BCUT2D eigenvalue weighted by atomic mass is 10.2. The van der Waals surface area contributed by atoms with E-state index < -0.39 is 0 Å². The summed E-state index contributed by atoms with van der Waals surface area (Å²) in [5.74, 6) is -0.369. The van der Waals surface area contributed by atoms with E-state index in [4.69, 9.17) is 4.74 Å². The third kappa shape index (κ3) is 1.87. The van der Waals surface area contributed by atoms with E-state index in [1.165, 1.54) is 17.6 Å². The minimum atomic E-state index is -0.369. The Balaban J connectivity index is 2.38. The van der Waals surface area contributed by atoms with Crippen LogP contribution in [0.1, 0.15) is 10.4 Å². The first kappa shape index (κ1) is 9.79. The Bertz CT molecular complexity index is 507. The summed E-state index contributed by atoms with van der Waals surface area (Å²) in [6.07, 6.45) is 1.53. The zero-order valence-corrected chi connectivity index (χ0v) is 8.66. The molecule has 0 amide bonds. The first-order valence-corrected chi connectivity index (χ1v) is 5.09. The number of rotatable bonds is 3. The molecule has 1 heterocycles. The molecule has 2 aromatic rings. The average Bonchev–Trinajstić information content (AvgIpc) is 2.73. The second-order valence-electron chi connectivity index (χ2n) is 2.81. The second kappa shape index (κ2) is 4.18. The summed E-state index contributed by atoms with van der Waals surface area (Å²) in [4.78, 5) is 11.6. The van der Waals surface area contributed by atoms with Crippen molar-refractivity contribution in [2.75, 3.05) is 6.61 Å². The SMILES string of the molecule is C=CCOC(=O)c1cccc2nnsc12. The first-order chi connectivity index (χ1) is 7.33. The molecule has 5 heteroatoms. The van der Waals surface area contributed by atoms with Gasteiger partial charge in [-0.25, -0.2) is 4.79 Å². The molecule has 0 spiro atoms. The predicted octanol–water partition coefficient (Wildman–Crippen LogP) is 2.03. The van der Waals surface area contributed by atoms with Crippen molar-refractivity contribution >= 4 is 27.7 Å². The smallest absolute Gasteiger partial charge is 0.340 e. The molecule has 0 saturated heterocycles. The Kier molecular flexibility index (Phi) is 2.73. The summed E-state index contributed by atoms with van der Waals surface area (Å²) < 4.78 is 9.49. The highest BCUT2D eigenvalue weighted by molar-refractivity contribution is 7.13. The highest BCUT2D eigenvalue weighted by Gasteiger charge is 2.12. The van der Waals surface area contributed by atoms with E-state index in [0.29, 0.717) is 11.1 Å². The van der Waals surface area contributed by atoms with E-state index in [1.807, 2.05) is 6.07 Å². The van der Waals surface area contributed by atoms with Gasteiger partial charge in [0.2, 0.25) is 0 Å². The van der Waals surface area contributed by atoms with Gasteiger partial charge in [-0.2, -0.15) is 0 Å². The number of carbonyl (C=O) groups is 1. The van der Waals surface area contributed by atoms with E-state index in [9.17, 15) is 4.79 Å². The number of hydrogen-bond donors (Lipinski definition) is 0. The number of ether oxygens (including phenoxy) is 1. The minimum Gasteiger partial charge on any atom is -0.458 e. The summed E-state index contributed by atoms with van der Waals surface area (Å²) in [7, 11) is 0. The highest BCUT2D eigenvalue weighted by atomic mass is 32.1. The Morgan fingerprint density at radius 1 is 1.60 bits per heavy atom. The molecule has 1 aromatic heterocycles. The fourth-order valence-corrected chi connectivity index (χ4v) is 1.84. The third-order valence-corrected chi connectivity index (χ3v) is 2.60. The van der Waals surface area contributed by atoms with Gasteiger partial charge in [0.15, 0.2) is 0 Å². The number of esters is 1. The first-order valence-electron chi connectivity index (χ1n) is 4.32. The van der Waals surface area contributed by atoms with Crippen LogP contribution in [0.3, 0.4) is 0 Å². The molecule has 2 rings (SSSR count). The Hall–Kier alpha value is -1.75. The second-order valence-corrected chi connectivity index (χ2v) is 3.57. The maximum Gasteiger partial charge on any atom is 0.340 e. The van der Waals surface area contributed by atoms with E-state index in [-0.39, 0.29) is 12.6 Å². The topological polar surface area (TPSA) is 52.1 Å². The molecule has 15 heavy (non-hydrogen) atoms. The zero-order chi connectivity index (χ0) is 10.7. The maximum atomic E-state index is 11.6. The van der Waals surface area contributed by atoms with Crippen LogP contribution in [0.2, 0.25) is 0 Å². The molecule has 0 N–H and O–H groups in total. The molecule has 4 nitrogen and oxygen atoms in total. The van der Waals surface area contributed by atoms with Gasteiger partial charge >= 0.3 is 5.97 Å². The van der Waals surface area contributed by atoms with Crippen LogP contribution >= 0.6 is 11.5 Å². The van der Waals surface area contributed by atoms with Crippen molar-refractivity contribution in [3.63, 3.8) is 0 Å². The molecule has 0 fully saturated rings. The predicted molar refractivity (Wildman–Crippen MR) is 57.9 cm³/mol. The summed E-state index contributed by atoms with van der Waals surface area (Å²) in [6.45, 7) is 3.69. The van der Waals surface area contributed by atoms with Gasteiger partial charge in [-0.05, 0) is 23.7 Å². The molecular formula is C10H8N2O2S. The largest absolute Gasteiger partial charge is 0.458 e. The van der Waals surface area contributed by atoms with E-state index in [2.05, 4.69) is 16.2 Å². The fraction of sp³-hybridized carbons (Fsp3) is 0.100. The summed E-state index contributed by atoms with van der Waals surface area (Å²) in [6, 6.07) is 5.27. The Morgan fingerprint density at radius 3 is 3.27 bits per heavy atom.